The van der Waals surface area contributed by atoms with E-state index in [-0.39, 0.29) is 11.6 Å². The predicted octanol–water partition coefficient (Wildman–Crippen LogP) is 4.95. The maximum absolute atomic E-state index is 11.3. The first kappa shape index (κ1) is 26.7. The number of nitrogens with zero attached hydrogens (tertiary/aromatic N) is 4. The molecule has 2 aromatic carbocycles. The van der Waals surface area contributed by atoms with E-state index < -0.39 is 4.92 Å². The van der Waals surface area contributed by atoms with Gasteiger partial charge in [0, 0.05) is 41.8 Å². The predicted molar refractivity (Wildman–Crippen MR) is 131 cm³/mol. The summed E-state index contributed by atoms with van der Waals surface area (Å²) in [5, 5.41) is 15.7. The molecule has 154 valence electrons. The third-order valence-corrected chi connectivity index (χ3v) is 5.52. The molecule has 0 unspecified atom stereocenters. The molecule has 0 aliphatic rings. The van der Waals surface area contributed by atoms with Crippen molar-refractivity contribution in [2.75, 3.05) is 12.4 Å². The molecule has 0 spiro atoms. The van der Waals surface area contributed by atoms with Crippen molar-refractivity contribution < 1.29 is 9.66 Å². The Labute approximate surface area is 243 Å². The molecule has 0 aliphatic heterocycles. The number of hydrogen-bond donors (Lipinski definition) is 1. The van der Waals surface area contributed by atoms with Gasteiger partial charge in [0.05, 0.1) is 39.1 Å². The minimum atomic E-state index is -0.487. The summed E-state index contributed by atoms with van der Waals surface area (Å²) in [6, 6.07) is 10.8. The fraction of sp³-hybridized carbons (Fsp3) is 0.100. The zero-order chi connectivity index (χ0) is 23.4. The van der Waals surface area contributed by atoms with Crippen LogP contribution >= 0.6 is 27.5 Å². The average Bonchev–Trinajstić information content (AvgIpc) is 3.13. The zero-order valence-corrected chi connectivity index (χ0v) is 26.5. The molecule has 8 nitrogen and oxygen atoms in total. The van der Waals surface area contributed by atoms with Crippen LogP contribution in [-0.2, 0) is 7.05 Å². The Bertz CT molecular complexity index is 1300. The molecule has 12 heteroatoms. The molecule has 0 aliphatic carbocycles. The maximum atomic E-state index is 11.3. The number of aromatic nitrogens is 3. The third-order valence-electron chi connectivity index (χ3n) is 4.61. The monoisotopic (exact) mass is 565 g/mol. The van der Waals surface area contributed by atoms with Crippen molar-refractivity contribution in [1.29, 1.82) is 0 Å². The Morgan fingerprint density at radius 1 is 1.28 bits per heavy atom. The molecule has 0 saturated carbocycles. The molecule has 0 amide bonds. The van der Waals surface area contributed by atoms with E-state index >= 15 is 0 Å². The van der Waals surface area contributed by atoms with Gasteiger partial charge in [-0.2, -0.15) is 0 Å². The minimum absolute atomic E-state index is 0.110. The van der Waals surface area contributed by atoms with Crippen LogP contribution in [0.15, 0.2) is 53.3 Å². The Kier molecular flexibility index (Phi) is 10.2. The number of anilines is 2. The van der Waals surface area contributed by atoms with E-state index in [1.807, 2.05) is 42.1 Å². The van der Waals surface area contributed by atoms with Gasteiger partial charge in [0.25, 0.3) is 5.69 Å². The Morgan fingerprint density at radius 3 is 2.69 bits per heavy atom. The summed E-state index contributed by atoms with van der Waals surface area (Å²) in [5.74, 6) is 0.634. The van der Waals surface area contributed by atoms with Gasteiger partial charge < -0.3 is 14.6 Å². The average molecular weight is 567 g/mol. The van der Waals surface area contributed by atoms with Crippen molar-refractivity contribution in [2.45, 2.75) is 0 Å². The number of nitrogens with one attached hydrogen (secondary N) is 1. The molecule has 0 radical (unpaired) electrons. The summed E-state index contributed by atoms with van der Waals surface area (Å²) >= 11 is 12.1. The van der Waals surface area contributed by atoms with Crippen LogP contribution in [0, 0.1) is 10.1 Å². The van der Waals surface area contributed by atoms with Crippen LogP contribution < -0.4 is 10.1 Å². The number of methoxy groups -OCH3 is 1. The van der Waals surface area contributed by atoms with E-state index in [0.29, 0.717) is 26.6 Å². The van der Waals surface area contributed by atoms with Gasteiger partial charge in [0.15, 0.2) is 0 Å². The van der Waals surface area contributed by atoms with E-state index in [0.717, 1.165) is 16.5 Å². The second-order valence-electron chi connectivity index (χ2n) is 6.45. The molecule has 32 heavy (non-hydrogen) atoms. The van der Waals surface area contributed by atoms with Crippen LogP contribution in [-0.4, -0.2) is 89.7 Å². The zero-order valence-electron chi connectivity index (χ0n) is 17.9. The van der Waals surface area contributed by atoms with Crippen molar-refractivity contribution in [3.8, 4) is 17.0 Å². The van der Waals surface area contributed by atoms with Crippen molar-refractivity contribution in [2.24, 2.45) is 7.05 Å². The standard InChI is InChI=1S/C20H15BrClN5O3.2K/c1-26-10-12(11-5-3-4-6-16(11)26)19-14(22)9-23-20(25-19)24-15-8-17(27(28)29)13(21)7-18(15)30-2;;/h3-10H,1-2H3,(H,23,24,25);;. The van der Waals surface area contributed by atoms with Crippen molar-refractivity contribution in [3.05, 3.63) is 68.4 Å². The van der Waals surface area contributed by atoms with Crippen molar-refractivity contribution in [3.63, 3.8) is 0 Å². The van der Waals surface area contributed by atoms with Crippen LogP contribution in [0.3, 0.4) is 0 Å². The molecular weight excluding hydrogens is 552 g/mol. The van der Waals surface area contributed by atoms with Gasteiger partial charge in [-0.05, 0) is 22.0 Å². The van der Waals surface area contributed by atoms with Gasteiger partial charge >= 0.3 is 63.2 Å². The van der Waals surface area contributed by atoms with Gasteiger partial charge in [-0.25, -0.2) is 9.97 Å². The van der Waals surface area contributed by atoms with Gasteiger partial charge in [0.1, 0.15) is 5.75 Å². The molecule has 2 aromatic heterocycles. The number of halogens is 2. The van der Waals surface area contributed by atoms with Gasteiger partial charge in [-0.15, -0.1) is 0 Å². The van der Waals surface area contributed by atoms with Crippen LogP contribution in [0.2, 0.25) is 5.02 Å². The summed E-state index contributed by atoms with van der Waals surface area (Å²) in [6.45, 7) is 0. The number of para-hydroxylation sites is 1. The molecule has 4 aromatic rings. The van der Waals surface area contributed by atoms with E-state index in [9.17, 15) is 10.1 Å². The molecular formula is C20H15BrClK2N5O3. The van der Waals surface area contributed by atoms with Crippen LogP contribution in [0.4, 0.5) is 17.3 Å². The van der Waals surface area contributed by atoms with Crippen molar-refractivity contribution >= 4 is 119 Å². The van der Waals surface area contributed by atoms with Crippen LogP contribution in [0.1, 0.15) is 0 Å². The molecule has 1 N–H and O–H groups in total. The summed E-state index contributed by atoms with van der Waals surface area (Å²) in [4.78, 5) is 19.6. The van der Waals surface area contributed by atoms with Crippen LogP contribution in [0.25, 0.3) is 22.2 Å². The van der Waals surface area contributed by atoms with E-state index in [1.54, 1.807) is 0 Å². The second kappa shape index (κ2) is 12.2. The molecule has 0 atom stereocenters. The van der Waals surface area contributed by atoms with E-state index in [4.69, 9.17) is 16.3 Å². The molecule has 0 bridgehead atoms. The SMILES string of the molecule is COc1cc(Br)c([N+](=O)[O-])cc1Nc1ncc(Cl)c(-c2cn(C)c3ccccc23)n1.[K][K]. The Balaban J connectivity index is 0.00000141. The van der Waals surface area contributed by atoms with Gasteiger partial charge in [0.2, 0.25) is 5.95 Å². The molecule has 2 heterocycles. The summed E-state index contributed by atoms with van der Waals surface area (Å²) in [5.41, 5.74) is 2.70. The number of nitro groups is 1. The third kappa shape index (κ3) is 5.83. The van der Waals surface area contributed by atoms with E-state index in [2.05, 4.69) is 31.2 Å². The van der Waals surface area contributed by atoms with E-state index in [1.165, 1.54) is 88.6 Å². The van der Waals surface area contributed by atoms with Crippen molar-refractivity contribution in [1.82, 2.24) is 14.5 Å². The summed E-state index contributed by atoms with van der Waals surface area (Å²) in [7, 11) is 3.43. The first-order valence-electron chi connectivity index (χ1n) is 9.75. The summed E-state index contributed by atoms with van der Waals surface area (Å²) in [6.07, 6.45) is 3.45. The second-order valence-corrected chi connectivity index (χ2v) is 7.71. The van der Waals surface area contributed by atoms with Gasteiger partial charge in [-0.1, -0.05) is 29.8 Å². The summed E-state index contributed by atoms with van der Waals surface area (Å²) < 4.78 is 7.64. The number of nitro benzene ring substituents is 1. The number of benzene rings is 2. The topological polar surface area (TPSA) is 95.1 Å². The van der Waals surface area contributed by atoms with Crippen LogP contribution in [0.5, 0.6) is 5.75 Å². The fourth-order valence-corrected chi connectivity index (χ4v) is 3.88. The number of fused-ring (bicyclic) bond motifs is 1. The Hall–Kier alpha value is 0.103. The fourth-order valence-electron chi connectivity index (χ4n) is 3.22. The molecule has 0 saturated heterocycles. The number of hydrogen-bond acceptors (Lipinski definition) is 6. The molecule has 0 fully saturated rings. The first-order valence-corrected chi connectivity index (χ1v) is 26.9. The number of aryl methyl sites for hydroxylation is 1. The number of ether oxygens (including phenoxy) is 1. The Morgan fingerprint density at radius 2 is 2.00 bits per heavy atom. The quantitative estimate of drug-likeness (QED) is 0.209. The molecule has 4 rings (SSSR count). The first-order chi connectivity index (χ1) is 15.4. The van der Waals surface area contributed by atoms with Gasteiger partial charge in [-0.3, -0.25) is 10.1 Å². The normalized spacial score (nSPS) is 10.5. The number of rotatable bonds is 5.